The van der Waals surface area contributed by atoms with Gasteiger partial charge in [-0.05, 0) is 30.2 Å². The number of amides is 1. The first-order chi connectivity index (χ1) is 17.8. The first kappa shape index (κ1) is 24.7. The van der Waals surface area contributed by atoms with Crippen LogP contribution in [0.4, 0.5) is 0 Å². The number of aryl methyl sites for hydroxylation is 1. The van der Waals surface area contributed by atoms with Crippen molar-refractivity contribution in [1.29, 1.82) is 0 Å². The zero-order valence-electron chi connectivity index (χ0n) is 20.8. The fraction of sp³-hybridized carbons (Fsp3) is 0.172. The maximum atomic E-state index is 13.9. The lowest BCUT2D eigenvalue weighted by Gasteiger charge is -2.35. The molecule has 37 heavy (non-hydrogen) atoms. The lowest BCUT2D eigenvalue weighted by atomic mass is 9.68. The summed E-state index contributed by atoms with van der Waals surface area (Å²) in [5.41, 5.74) is 3.20. The Hall–Kier alpha value is -4.01. The lowest BCUT2D eigenvalue weighted by Crippen LogP contribution is -2.32. The van der Waals surface area contributed by atoms with Crippen LogP contribution in [-0.2, 0) is 26.7 Å². The molecule has 0 saturated carbocycles. The maximum Gasteiger partial charge on any atom is 0.298 e. The Balaban J connectivity index is 1.76. The number of rotatable bonds is 6. The van der Waals surface area contributed by atoms with Gasteiger partial charge in [-0.25, -0.2) is 5.06 Å². The van der Waals surface area contributed by atoms with E-state index in [0.717, 1.165) is 25.8 Å². The number of hydrogen-bond donors (Lipinski definition) is 0. The molecule has 7 nitrogen and oxygen atoms in total. The van der Waals surface area contributed by atoms with Crippen LogP contribution < -0.4 is 0 Å². The van der Waals surface area contributed by atoms with Crippen molar-refractivity contribution in [2.75, 3.05) is 14.2 Å². The topological polar surface area (TPSA) is 81.5 Å². The molecular weight excluding hydrogens is 486 g/mol. The van der Waals surface area contributed by atoms with Crippen LogP contribution >= 0.6 is 0 Å². The summed E-state index contributed by atoms with van der Waals surface area (Å²) in [4.78, 5) is 18.4. The molecule has 1 aliphatic rings. The summed E-state index contributed by atoms with van der Waals surface area (Å²) in [6.07, 6.45) is 4.13. The lowest BCUT2D eigenvalue weighted by molar-refractivity contribution is -0.0760. The summed E-state index contributed by atoms with van der Waals surface area (Å²) in [7, 11) is -1.26. The van der Waals surface area contributed by atoms with Gasteiger partial charge in [0.15, 0.2) is 5.69 Å². The third kappa shape index (κ3) is 4.18. The number of allylic oxidation sites excluding steroid dienone is 1. The first-order valence-corrected chi connectivity index (χ1v) is 13.3. The van der Waals surface area contributed by atoms with Crippen LogP contribution in [0.2, 0.25) is 0 Å². The van der Waals surface area contributed by atoms with E-state index in [1.807, 2.05) is 79.7 Å². The number of benzene rings is 3. The summed E-state index contributed by atoms with van der Waals surface area (Å²) >= 11 is 0. The number of carbonyl (C=O) groups is 1. The number of aromatic nitrogens is 2. The van der Waals surface area contributed by atoms with Crippen molar-refractivity contribution in [1.82, 2.24) is 14.2 Å². The van der Waals surface area contributed by atoms with E-state index in [1.165, 1.54) is 14.2 Å². The molecule has 0 aliphatic heterocycles. The Labute approximate surface area is 216 Å². The molecule has 0 atom stereocenters. The fourth-order valence-corrected chi connectivity index (χ4v) is 6.09. The average molecular weight is 514 g/mol. The van der Waals surface area contributed by atoms with Gasteiger partial charge in [0.1, 0.15) is 0 Å². The Bertz CT molecular complexity index is 1540. The number of fused-ring (bicyclic) bond motifs is 1. The SMILES string of the molecule is CON(C)C(=O)c1nn(S(=O)(=O)c2ccc(C)cc2)c2c1C=CC(c1ccccc1)(c1ccccc1)C2. The highest BCUT2D eigenvalue weighted by atomic mass is 32.2. The quantitative estimate of drug-likeness (QED) is 0.352. The molecule has 0 fully saturated rings. The molecule has 1 aromatic heterocycles. The molecule has 3 aromatic carbocycles. The minimum Gasteiger partial charge on any atom is -0.274 e. The molecule has 1 amide bonds. The number of hydrogen-bond acceptors (Lipinski definition) is 5. The standard InChI is InChI=1S/C29H27N3O4S/c1-21-14-16-24(17-15-21)37(34,35)32-26-20-29(22-10-6-4-7-11-22,23-12-8-5-9-13-23)19-18-25(26)27(30-32)28(33)31(2)36-3/h4-19H,20H2,1-3H3. The van der Waals surface area contributed by atoms with Crippen molar-refractivity contribution >= 4 is 22.0 Å². The van der Waals surface area contributed by atoms with E-state index in [9.17, 15) is 13.2 Å². The van der Waals surface area contributed by atoms with Crippen molar-refractivity contribution < 1.29 is 18.0 Å². The number of hydroxylamine groups is 2. The molecule has 188 valence electrons. The summed E-state index contributed by atoms with van der Waals surface area (Å²) in [5, 5.41) is 5.43. The summed E-state index contributed by atoms with van der Waals surface area (Å²) < 4.78 is 28.8. The van der Waals surface area contributed by atoms with Crippen molar-refractivity contribution in [3.8, 4) is 0 Å². The molecule has 0 radical (unpaired) electrons. The Kier molecular flexibility index (Phi) is 6.31. The van der Waals surface area contributed by atoms with Crippen molar-refractivity contribution in [3.63, 3.8) is 0 Å². The van der Waals surface area contributed by atoms with Crippen LogP contribution in [-0.4, -0.2) is 42.7 Å². The van der Waals surface area contributed by atoms with E-state index < -0.39 is 21.3 Å². The molecule has 0 bridgehead atoms. The second kappa shape index (κ2) is 9.46. The van der Waals surface area contributed by atoms with E-state index >= 15 is 0 Å². The molecule has 0 spiro atoms. The fourth-order valence-electron chi connectivity index (χ4n) is 4.76. The third-order valence-corrected chi connectivity index (χ3v) is 8.48. The van der Waals surface area contributed by atoms with Gasteiger partial charge in [0.25, 0.3) is 15.9 Å². The zero-order chi connectivity index (χ0) is 26.2. The summed E-state index contributed by atoms with van der Waals surface area (Å²) in [5.74, 6) is -0.534. The van der Waals surface area contributed by atoms with Crippen LogP contribution in [0, 0.1) is 6.92 Å². The van der Waals surface area contributed by atoms with Gasteiger partial charge < -0.3 is 0 Å². The van der Waals surface area contributed by atoms with E-state index in [-0.39, 0.29) is 17.0 Å². The molecule has 4 aromatic rings. The van der Waals surface area contributed by atoms with E-state index in [4.69, 9.17) is 4.84 Å². The normalized spacial score (nSPS) is 14.2. The molecule has 0 N–H and O–H groups in total. The van der Waals surface area contributed by atoms with Crippen LogP contribution in [0.3, 0.4) is 0 Å². The number of nitrogens with zero attached hydrogens (tertiary/aromatic N) is 3. The van der Waals surface area contributed by atoms with E-state index in [1.54, 1.807) is 24.3 Å². The molecule has 5 rings (SSSR count). The van der Waals surface area contributed by atoms with Crippen molar-refractivity contribution in [3.05, 3.63) is 125 Å². The van der Waals surface area contributed by atoms with Crippen LogP contribution in [0.1, 0.15) is 38.4 Å². The number of carbonyl (C=O) groups excluding carboxylic acids is 1. The molecule has 8 heteroatoms. The van der Waals surface area contributed by atoms with Gasteiger partial charge in [-0.3, -0.25) is 9.63 Å². The second-order valence-electron chi connectivity index (χ2n) is 9.07. The minimum absolute atomic E-state index is 0.0148. The largest absolute Gasteiger partial charge is 0.298 e. The predicted molar refractivity (Wildman–Crippen MR) is 141 cm³/mol. The second-order valence-corrected chi connectivity index (χ2v) is 10.8. The van der Waals surface area contributed by atoms with Gasteiger partial charge in [0.05, 0.1) is 17.7 Å². The molecule has 0 unspecified atom stereocenters. The van der Waals surface area contributed by atoms with Crippen molar-refractivity contribution in [2.24, 2.45) is 0 Å². The van der Waals surface area contributed by atoms with Crippen LogP contribution in [0.15, 0.2) is 95.9 Å². The average Bonchev–Trinajstić information content (AvgIpc) is 3.32. The Morgan fingerprint density at radius 1 is 0.946 bits per heavy atom. The zero-order valence-corrected chi connectivity index (χ0v) is 21.6. The van der Waals surface area contributed by atoms with Gasteiger partial charge >= 0.3 is 0 Å². The molecular formula is C29H27N3O4S. The highest BCUT2D eigenvalue weighted by molar-refractivity contribution is 7.89. The monoisotopic (exact) mass is 513 g/mol. The first-order valence-electron chi connectivity index (χ1n) is 11.8. The third-order valence-electron chi connectivity index (χ3n) is 6.86. The van der Waals surface area contributed by atoms with Gasteiger partial charge in [0, 0.05) is 24.4 Å². The highest BCUT2D eigenvalue weighted by Gasteiger charge is 2.40. The van der Waals surface area contributed by atoms with E-state index in [2.05, 4.69) is 5.10 Å². The molecule has 0 saturated heterocycles. The maximum absolute atomic E-state index is 13.9. The van der Waals surface area contributed by atoms with Gasteiger partial charge in [-0.1, -0.05) is 90.5 Å². The Morgan fingerprint density at radius 2 is 1.51 bits per heavy atom. The van der Waals surface area contributed by atoms with Crippen LogP contribution in [0.5, 0.6) is 0 Å². The summed E-state index contributed by atoms with van der Waals surface area (Å²) in [6.45, 7) is 1.89. The van der Waals surface area contributed by atoms with Crippen molar-refractivity contribution in [2.45, 2.75) is 23.7 Å². The van der Waals surface area contributed by atoms with E-state index in [0.29, 0.717) is 11.3 Å². The smallest absolute Gasteiger partial charge is 0.274 e. The van der Waals surface area contributed by atoms with Gasteiger partial charge in [-0.2, -0.15) is 17.6 Å². The Morgan fingerprint density at radius 3 is 2.05 bits per heavy atom. The summed E-state index contributed by atoms with van der Waals surface area (Å²) in [6, 6.07) is 26.5. The minimum atomic E-state index is -4.10. The van der Waals surface area contributed by atoms with Crippen LogP contribution in [0.25, 0.3) is 6.08 Å². The van der Waals surface area contributed by atoms with Gasteiger partial charge in [-0.15, -0.1) is 0 Å². The molecule has 1 aliphatic carbocycles. The molecule has 1 heterocycles. The van der Waals surface area contributed by atoms with Gasteiger partial charge in [0.2, 0.25) is 0 Å². The predicted octanol–water partition coefficient (Wildman–Crippen LogP) is 4.62. The highest BCUT2D eigenvalue weighted by Crippen LogP contribution is 2.43.